The molecule has 9 heteroatoms. The Kier molecular flexibility index (Phi) is 6.47. The van der Waals surface area contributed by atoms with Crippen LogP contribution in [0.15, 0.2) is 72.3 Å². The second-order valence-corrected chi connectivity index (χ2v) is 9.65. The van der Waals surface area contributed by atoms with Gasteiger partial charge in [0.2, 0.25) is 0 Å². The number of fused-ring (bicyclic) bond motifs is 1. The van der Waals surface area contributed by atoms with Gasteiger partial charge in [-0.05, 0) is 66.6 Å². The number of carbonyl (C=O) groups is 2. The number of aliphatic hydroxyl groups is 1. The van der Waals surface area contributed by atoms with Crippen molar-refractivity contribution in [3.8, 4) is 5.75 Å². The predicted molar refractivity (Wildman–Crippen MR) is 138 cm³/mol. The summed E-state index contributed by atoms with van der Waals surface area (Å²) in [5, 5.41) is 11.9. The number of carbonyl (C=O) groups excluding carboxylic acids is 2. The number of benzene rings is 3. The normalized spacial score (nSPS) is 17.2. The average Bonchev–Trinajstić information content (AvgIpc) is 3.40. The molecule has 1 N–H and O–H groups in total. The minimum absolute atomic E-state index is 0.0880. The molecule has 5 rings (SSSR count). The zero-order valence-corrected chi connectivity index (χ0v) is 20.6. The van der Waals surface area contributed by atoms with Crippen molar-refractivity contribution >= 4 is 55.7 Å². The van der Waals surface area contributed by atoms with Crippen LogP contribution in [0, 0.1) is 5.82 Å². The van der Waals surface area contributed by atoms with Crippen LogP contribution in [0.4, 0.5) is 9.52 Å². The van der Waals surface area contributed by atoms with Gasteiger partial charge in [0.25, 0.3) is 5.78 Å². The lowest BCUT2D eigenvalue weighted by atomic mass is 9.95. The number of halogens is 2. The van der Waals surface area contributed by atoms with E-state index < -0.39 is 23.5 Å². The molecule has 0 spiro atoms. The number of amides is 1. The van der Waals surface area contributed by atoms with Crippen molar-refractivity contribution in [1.82, 2.24) is 4.98 Å². The van der Waals surface area contributed by atoms with E-state index in [0.29, 0.717) is 38.7 Å². The van der Waals surface area contributed by atoms with Crippen LogP contribution < -0.4 is 9.64 Å². The van der Waals surface area contributed by atoms with Gasteiger partial charge in [0.1, 0.15) is 17.3 Å². The highest BCUT2D eigenvalue weighted by Crippen LogP contribution is 2.44. The third kappa shape index (κ3) is 4.34. The number of hydrogen-bond donors (Lipinski definition) is 1. The summed E-state index contributed by atoms with van der Waals surface area (Å²) in [5.74, 6) is -1.83. The first-order valence-electron chi connectivity index (χ1n) is 11.2. The number of anilines is 1. The summed E-state index contributed by atoms with van der Waals surface area (Å²) in [6, 6.07) is 16.5. The number of thiazole rings is 1. The van der Waals surface area contributed by atoms with Gasteiger partial charge in [-0.3, -0.25) is 14.5 Å². The summed E-state index contributed by atoms with van der Waals surface area (Å²) in [6.07, 6.45) is 0.850. The van der Waals surface area contributed by atoms with Crippen LogP contribution in [0.1, 0.15) is 30.5 Å². The molecular formula is C27H20ClFN2O4S. The highest BCUT2D eigenvalue weighted by molar-refractivity contribution is 7.22. The van der Waals surface area contributed by atoms with Gasteiger partial charge in [-0.25, -0.2) is 9.37 Å². The molecule has 4 aromatic rings. The fourth-order valence-electron chi connectivity index (χ4n) is 4.10. The highest BCUT2D eigenvalue weighted by atomic mass is 35.5. The Labute approximate surface area is 215 Å². The maximum absolute atomic E-state index is 13.8. The standard InChI is InChI=1S/C27H20ClFN2O4S/c1-2-12-35-19-9-6-15(7-10-19)24(32)22-23(16-4-3-5-17(28)13-16)31(26(34)25(22)33)27-30-20-11-8-18(29)14-21(20)36-27/h3-11,13-14,23,32H,2,12H2,1H3. The van der Waals surface area contributed by atoms with Crippen LogP contribution in [-0.4, -0.2) is 28.4 Å². The first-order valence-corrected chi connectivity index (χ1v) is 12.4. The number of aromatic nitrogens is 1. The number of nitrogens with zero attached hydrogens (tertiary/aromatic N) is 2. The van der Waals surface area contributed by atoms with E-state index in [4.69, 9.17) is 16.3 Å². The molecule has 1 aliphatic rings. The molecule has 1 fully saturated rings. The Morgan fingerprint density at radius 1 is 1.14 bits per heavy atom. The van der Waals surface area contributed by atoms with Gasteiger partial charge in [-0.1, -0.05) is 42.0 Å². The van der Waals surface area contributed by atoms with Crippen molar-refractivity contribution in [3.63, 3.8) is 0 Å². The Hall–Kier alpha value is -3.75. The fourth-order valence-corrected chi connectivity index (χ4v) is 5.31. The Balaban J connectivity index is 1.65. The number of ketones is 1. The molecule has 1 unspecified atom stereocenters. The Morgan fingerprint density at radius 2 is 1.92 bits per heavy atom. The molecule has 2 heterocycles. The molecular weight excluding hydrogens is 503 g/mol. The van der Waals surface area contributed by atoms with E-state index in [9.17, 15) is 19.1 Å². The second-order valence-electron chi connectivity index (χ2n) is 8.21. The second kappa shape index (κ2) is 9.72. The summed E-state index contributed by atoms with van der Waals surface area (Å²) in [6.45, 7) is 2.55. The topological polar surface area (TPSA) is 79.7 Å². The van der Waals surface area contributed by atoms with Crippen molar-refractivity contribution in [1.29, 1.82) is 0 Å². The van der Waals surface area contributed by atoms with E-state index in [1.807, 2.05) is 6.92 Å². The SMILES string of the molecule is CCCOc1ccc(C(O)=C2C(=O)C(=O)N(c3nc4ccc(F)cc4s3)C2c2cccc(Cl)c2)cc1. The van der Waals surface area contributed by atoms with Crippen molar-refractivity contribution in [2.24, 2.45) is 0 Å². The lowest BCUT2D eigenvalue weighted by molar-refractivity contribution is -0.132. The van der Waals surface area contributed by atoms with Gasteiger partial charge < -0.3 is 9.84 Å². The van der Waals surface area contributed by atoms with Crippen LogP contribution >= 0.6 is 22.9 Å². The smallest absolute Gasteiger partial charge is 0.301 e. The van der Waals surface area contributed by atoms with E-state index in [-0.39, 0.29) is 16.5 Å². The van der Waals surface area contributed by atoms with Gasteiger partial charge in [0.15, 0.2) is 5.13 Å². The maximum Gasteiger partial charge on any atom is 0.301 e. The van der Waals surface area contributed by atoms with Gasteiger partial charge in [-0.15, -0.1) is 0 Å². The number of ether oxygens (including phenoxy) is 1. The molecule has 1 saturated heterocycles. The van der Waals surface area contributed by atoms with Gasteiger partial charge in [-0.2, -0.15) is 0 Å². The zero-order valence-electron chi connectivity index (χ0n) is 19.1. The number of aliphatic hydroxyl groups excluding tert-OH is 1. The van der Waals surface area contributed by atoms with E-state index in [1.165, 1.54) is 23.1 Å². The van der Waals surface area contributed by atoms with Crippen LogP contribution in [-0.2, 0) is 9.59 Å². The molecule has 1 amide bonds. The van der Waals surface area contributed by atoms with Crippen molar-refractivity contribution in [3.05, 3.63) is 94.3 Å². The molecule has 182 valence electrons. The summed E-state index contributed by atoms with van der Waals surface area (Å²) < 4.78 is 19.9. The molecule has 36 heavy (non-hydrogen) atoms. The van der Waals surface area contributed by atoms with E-state index in [0.717, 1.165) is 17.8 Å². The van der Waals surface area contributed by atoms with Crippen molar-refractivity contribution in [2.45, 2.75) is 19.4 Å². The molecule has 6 nitrogen and oxygen atoms in total. The maximum atomic E-state index is 13.8. The molecule has 0 aliphatic carbocycles. The minimum atomic E-state index is -0.981. The molecule has 0 bridgehead atoms. The summed E-state index contributed by atoms with van der Waals surface area (Å²) in [5.41, 5.74) is 1.28. The van der Waals surface area contributed by atoms with Crippen molar-refractivity contribution < 1.29 is 23.8 Å². The Morgan fingerprint density at radius 3 is 2.64 bits per heavy atom. The van der Waals surface area contributed by atoms with E-state index >= 15 is 0 Å². The molecule has 0 radical (unpaired) electrons. The molecule has 3 aromatic carbocycles. The van der Waals surface area contributed by atoms with Gasteiger partial charge >= 0.3 is 5.91 Å². The first kappa shape index (κ1) is 24.0. The molecule has 1 atom stereocenters. The number of Topliss-reactive ketones (excluding diaryl/α,β-unsaturated/α-hetero) is 1. The fraction of sp³-hybridized carbons (Fsp3) is 0.148. The lowest BCUT2D eigenvalue weighted by Crippen LogP contribution is -2.29. The quantitative estimate of drug-likeness (QED) is 0.177. The lowest BCUT2D eigenvalue weighted by Gasteiger charge is -2.23. The van der Waals surface area contributed by atoms with E-state index in [2.05, 4.69) is 4.98 Å². The molecule has 1 aliphatic heterocycles. The van der Waals surface area contributed by atoms with Crippen LogP contribution in [0.3, 0.4) is 0 Å². The van der Waals surface area contributed by atoms with Gasteiger partial charge in [0.05, 0.1) is 28.4 Å². The van der Waals surface area contributed by atoms with Crippen molar-refractivity contribution in [2.75, 3.05) is 11.5 Å². The Bertz CT molecular complexity index is 1520. The first-order chi connectivity index (χ1) is 17.4. The summed E-state index contributed by atoms with van der Waals surface area (Å²) in [7, 11) is 0. The van der Waals surface area contributed by atoms with E-state index in [1.54, 1.807) is 48.5 Å². The largest absolute Gasteiger partial charge is 0.507 e. The third-order valence-corrected chi connectivity index (χ3v) is 7.01. The van der Waals surface area contributed by atoms with Crippen LogP contribution in [0.2, 0.25) is 5.02 Å². The monoisotopic (exact) mass is 522 g/mol. The summed E-state index contributed by atoms with van der Waals surface area (Å²) >= 11 is 7.32. The molecule has 1 aromatic heterocycles. The predicted octanol–water partition coefficient (Wildman–Crippen LogP) is 6.50. The average molecular weight is 523 g/mol. The van der Waals surface area contributed by atoms with Crippen LogP contribution in [0.25, 0.3) is 16.0 Å². The number of rotatable bonds is 6. The highest BCUT2D eigenvalue weighted by Gasteiger charge is 2.48. The number of hydrogen-bond acceptors (Lipinski definition) is 6. The minimum Gasteiger partial charge on any atom is -0.507 e. The zero-order chi connectivity index (χ0) is 25.4. The van der Waals surface area contributed by atoms with Crippen LogP contribution in [0.5, 0.6) is 5.75 Å². The summed E-state index contributed by atoms with van der Waals surface area (Å²) in [4.78, 5) is 32.3. The molecule has 0 saturated carbocycles. The third-order valence-electron chi connectivity index (χ3n) is 5.75. The van der Waals surface area contributed by atoms with Gasteiger partial charge in [0, 0.05) is 10.6 Å².